The molecule has 3 aromatic rings. The number of hydrogen-bond donors (Lipinski definition) is 1. The molecule has 5 rings (SSSR count). The summed E-state index contributed by atoms with van der Waals surface area (Å²) in [6, 6.07) is 20.9. The number of anilines is 1. The molecule has 0 unspecified atom stereocenters. The molecule has 2 aliphatic rings. The Bertz CT molecular complexity index is 1010. The Hall–Kier alpha value is -2.67. The van der Waals surface area contributed by atoms with E-state index in [1.807, 2.05) is 48.5 Å². The maximum atomic E-state index is 10.8. The van der Waals surface area contributed by atoms with Crippen LogP contribution >= 0.6 is 0 Å². The van der Waals surface area contributed by atoms with Crippen LogP contribution in [0, 0.1) is 0 Å². The van der Waals surface area contributed by atoms with Crippen molar-refractivity contribution in [3.8, 4) is 11.3 Å². The monoisotopic (exact) mass is 461 g/mol. The minimum atomic E-state index is -0.539. The zero-order valence-electron chi connectivity index (χ0n) is 19.8. The molecular weight excluding hydrogens is 426 g/mol. The van der Waals surface area contributed by atoms with Gasteiger partial charge in [-0.3, -0.25) is 4.90 Å². The van der Waals surface area contributed by atoms with Gasteiger partial charge in [0.15, 0.2) is 0 Å². The van der Waals surface area contributed by atoms with E-state index in [9.17, 15) is 5.11 Å². The number of nitrogens with zero attached hydrogens (tertiary/aromatic N) is 3. The zero-order valence-corrected chi connectivity index (χ0v) is 19.8. The van der Waals surface area contributed by atoms with Crippen LogP contribution in [0.25, 0.3) is 11.3 Å². The number of aliphatic hydroxyl groups is 1. The van der Waals surface area contributed by atoms with Crippen molar-refractivity contribution in [1.29, 1.82) is 0 Å². The summed E-state index contributed by atoms with van der Waals surface area (Å²) in [5, 5.41) is 15.3. The lowest BCUT2D eigenvalue weighted by atomic mass is 10.1. The molecular formula is C28H35N3O3. The molecule has 1 aromatic heterocycles. The van der Waals surface area contributed by atoms with E-state index in [1.54, 1.807) is 0 Å². The van der Waals surface area contributed by atoms with Crippen LogP contribution in [-0.4, -0.2) is 53.6 Å². The van der Waals surface area contributed by atoms with Crippen LogP contribution < -0.4 is 4.90 Å². The van der Waals surface area contributed by atoms with Crippen LogP contribution in [0.4, 0.5) is 5.88 Å². The molecule has 1 atom stereocenters. The fourth-order valence-corrected chi connectivity index (χ4v) is 4.81. The van der Waals surface area contributed by atoms with Gasteiger partial charge in [-0.25, -0.2) is 0 Å². The average molecular weight is 462 g/mol. The predicted octanol–water partition coefficient (Wildman–Crippen LogP) is 4.87. The molecule has 6 nitrogen and oxygen atoms in total. The molecule has 1 aliphatic heterocycles. The molecule has 6 heteroatoms. The molecule has 1 saturated heterocycles. The molecule has 0 bridgehead atoms. The van der Waals surface area contributed by atoms with Gasteiger partial charge in [0.2, 0.25) is 5.88 Å². The van der Waals surface area contributed by atoms with E-state index in [2.05, 4.69) is 27.1 Å². The molecule has 1 N–H and O–H groups in total. The van der Waals surface area contributed by atoms with Gasteiger partial charge < -0.3 is 19.3 Å². The van der Waals surface area contributed by atoms with Crippen molar-refractivity contribution in [2.75, 3.05) is 31.1 Å². The largest absolute Gasteiger partial charge is 0.389 e. The van der Waals surface area contributed by atoms with Crippen LogP contribution in [-0.2, 0) is 17.9 Å². The lowest BCUT2D eigenvalue weighted by molar-refractivity contribution is 0.00707. The van der Waals surface area contributed by atoms with Gasteiger partial charge in [-0.2, -0.15) is 0 Å². The molecule has 0 spiro atoms. The summed E-state index contributed by atoms with van der Waals surface area (Å²) in [4.78, 5) is 4.74. The smallest absolute Gasteiger partial charge is 0.232 e. The SMILES string of the molecule is O[C@@H](COCc1ccccc1)CN(Cc1c(-c2ccccc2)noc1N1CCCCC1)C1CC1. The van der Waals surface area contributed by atoms with Crippen molar-refractivity contribution in [3.05, 3.63) is 71.8 Å². The Morgan fingerprint density at radius 3 is 2.41 bits per heavy atom. The zero-order chi connectivity index (χ0) is 23.2. The Balaban J connectivity index is 1.29. The van der Waals surface area contributed by atoms with Crippen LogP contribution in [0.5, 0.6) is 0 Å². The third-order valence-electron chi connectivity index (χ3n) is 6.75. The molecule has 1 aliphatic carbocycles. The van der Waals surface area contributed by atoms with Crippen molar-refractivity contribution in [2.45, 2.75) is 57.4 Å². The highest BCUT2D eigenvalue weighted by Crippen LogP contribution is 2.36. The van der Waals surface area contributed by atoms with E-state index in [-0.39, 0.29) is 0 Å². The summed E-state index contributed by atoms with van der Waals surface area (Å²) in [5.74, 6) is 0.902. The topological polar surface area (TPSA) is 62.0 Å². The normalized spacial score (nSPS) is 17.3. The van der Waals surface area contributed by atoms with Crippen molar-refractivity contribution in [2.24, 2.45) is 0 Å². The molecule has 1 saturated carbocycles. The van der Waals surface area contributed by atoms with E-state index in [1.165, 1.54) is 32.1 Å². The maximum Gasteiger partial charge on any atom is 0.232 e. The summed E-state index contributed by atoms with van der Waals surface area (Å²) in [5.41, 5.74) is 4.25. The van der Waals surface area contributed by atoms with Crippen LogP contribution in [0.2, 0.25) is 0 Å². The number of benzene rings is 2. The molecule has 34 heavy (non-hydrogen) atoms. The number of hydrogen-bond acceptors (Lipinski definition) is 6. The van der Waals surface area contributed by atoms with Gasteiger partial charge in [0.25, 0.3) is 0 Å². The van der Waals surface area contributed by atoms with Crippen LogP contribution in [0.1, 0.15) is 43.2 Å². The lowest BCUT2D eigenvalue weighted by Crippen LogP contribution is -2.37. The number of piperidine rings is 1. The first-order chi connectivity index (χ1) is 16.8. The summed E-state index contributed by atoms with van der Waals surface area (Å²) in [6.45, 7) is 4.17. The number of aromatic nitrogens is 1. The van der Waals surface area contributed by atoms with E-state index < -0.39 is 6.10 Å². The number of ether oxygens (including phenoxy) is 1. The van der Waals surface area contributed by atoms with Crippen LogP contribution in [0.3, 0.4) is 0 Å². The third-order valence-corrected chi connectivity index (χ3v) is 6.75. The predicted molar refractivity (Wildman–Crippen MR) is 134 cm³/mol. The Labute approximate surface area is 202 Å². The summed E-state index contributed by atoms with van der Waals surface area (Å²) in [7, 11) is 0. The van der Waals surface area contributed by atoms with Crippen LogP contribution in [0.15, 0.2) is 65.2 Å². The Kier molecular flexibility index (Phi) is 7.59. The molecule has 180 valence electrons. The quantitative estimate of drug-likeness (QED) is 0.439. The minimum Gasteiger partial charge on any atom is -0.389 e. The molecule has 2 fully saturated rings. The fourth-order valence-electron chi connectivity index (χ4n) is 4.81. The van der Waals surface area contributed by atoms with Gasteiger partial charge in [-0.15, -0.1) is 0 Å². The first-order valence-corrected chi connectivity index (χ1v) is 12.6. The fraction of sp³-hybridized carbons (Fsp3) is 0.464. The van der Waals surface area contributed by atoms with E-state index in [0.717, 1.165) is 47.9 Å². The highest BCUT2D eigenvalue weighted by atomic mass is 16.5. The lowest BCUT2D eigenvalue weighted by Gasteiger charge is -2.29. The summed E-state index contributed by atoms with van der Waals surface area (Å²) in [6.07, 6.45) is 5.44. The third kappa shape index (κ3) is 5.87. The second-order valence-electron chi connectivity index (χ2n) is 9.54. The molecule has 0 amide bonds. The molecule has 2 heterocycles. The van der Waals surface area contributed by atoms with Crippen molar-refractivity contribution < 1.29 is 14.4 Å². The van der Waals surface area contributed by atoms with E-state index in [0.29, 0.717) is 25.8 Å². The first-order valence-electron chi connectivity index (χ1n) is 12.6. The molecule has 2 aromatic carbocycles. The second kappa shape index (κ2) is 11.2. The summed E-state index contributed by atoms with van der Waals surface area (Å²) < 4.78 is 11.8. The van der Waals surface area contributed by atoms with Gasteiger partial charge >= 0.3 is 0 Å². The molecule has 0 radical (unpaired) electrons. The minimum absolute atomic E-state index is 0.326. The van der Waals surface area contributed by atoms with Gasteiger partial charge in [0.05, 0.1) is 24.9 Å². The van der Waals surface area contributed by atoms with E-state index >= 15 is 0 Å². The average Bonchev–Trinajstić information content (AvgIpc) is 3.65. The highest BCUT2D eigenvalue weighted by Gasteiger charge is 2.33. The van der Waals surface area contributed by atoms with Crippen molar-refractivity contribution >= 4 is 5.88 Å². The first kappa shape index (κ1) is 23.1. The standard InChI is InChI=1S/C28H35N3O3/c32-25(21-33-20-22-10-4-1-5-11-22)18-31(24-14-15-24)19-26-27(23-12-6-2-7-13-23)29-34-28(26)30-16-8-3-9-17-30/h1-2,4-7,10-13,24-25,32H,3,8-9,14-21H2/t25-/m1/s1. The van der Waals surface area contributed by atoms with Gasteiger partial charge in [0, 0.05) is 37.8 Å². The Morgan fingerprint density at radius 1 is 1.00 bits per heavy atom. The summed E-state index contributed by atoms with van der Waals surface area (Å²) >= 11 is 0. The number of aliphatic hydroxyl groups excluding tert-OH is 1. The second-order valence-corrected chi connectivity index (χ2v) is 9.54. The van der Waals surface area contributed by atoms with Gasteiger partial charge in [0.1, 0.15) is 5.69 Å². The van der Waals surface area contributed by atoms with Gasteiger partial charge in [-0.1, -0.05) is 65.8 Å². The highest BCUT2D eigenvalue weighted by molar-refractivity contribution is 5.68. The van der Waals surface area contributed by atoms with Crippen molar-refractivity contribution in [1.82, 2.24) is 10.1 Å². The van der Waals surface area contributed by atoms with E-state index in [4.69, 9.17) is 9.26 Å². The van der Waals surface area contributed by atoms with Gasteiger partial charge in [-0.05, 0) is 37.7 Å². The van der Waals surface area contributed by atoms with Crippen molar-refractivity contribution in [3.63, 3.8) is 0 Å². The maximum absolute atomic E-state index is 10.8. The number of rotatable bonds is 11. The Morgan fingerprint density at radius 2 is 1.71 bits per heavy atom.